The molecule has 1 atom stereocenters. The van der Waals surface area contributed by atoms with E-state index in [4.69, 9.17) is 11.6 Å². The second kappa shape index (κ2) is 8.89. The molecule has 2 saturated heterocycles. The standard InChI is InChI=1S/C20H29ClN4O/c1-3-8-22-9-11-25(12-10-22)20(26)17(2)23-13-15-24(16-14-23)19-6-4-18(21)5-7-19/h3-7,17H,1,8-16H2,2H3. The summed E-state index contributed by atoms with van der Waals surface area (Å²) >= 11 is 5.97. The van der Waals surface area contributed by atoms with Gasteiger partial charge in [-0.2, -0.15) is 0 Å². The highest BCUT2D eigenvalue weighted by Crippen LogP contribution is 2.20. The maximum atomic E-state index is 12.9. The first kappa shape index (κ1) is 19.2. The zero-order valence-electron chi connectivity index (χ0n) is 15.6. The largest absolute Gasteiger partial charge is 0.369 e. The molecule has 0 saturated carbocycles. The molecule has 1 amide bonds. The zero-order valence-corrected chi connectivity index (χ0v) is 16.4. The summed E-state index contributed by atoms with van der Waals surface area (Å²) in [6.45, 7) is 14.0. The Morgan fingerprint density at radius 3 is 2.27 bits per heavy atom. The third-order valence-electron chi connectivity index (χ3n) is 5.48. The van der Waals surface area contributed by atoms with Gasteiger partial charge in [-0.25, -0.2) is 0 Å². The number of piperazine rings is 2. The molecule has 1 aromatic carbocycles. The molecule has 0 radical (unpaired) electrons. The number of nitrogens with zero attached hydrogens (tertiary/aromatic N) is 4. The quantitative estimate of drug-likeness (QED) is 0.737. The lowest BCUT2D eigenvalue weighted by molar-refractivity contribution is -0.138. The Kier molecular flexibility index (Phi) is 6.57. The lowest BCUT2D eigenvalue weighted by Gasteiger charge is -2.41. The number of benzene rings is 1. The van der Waals surface area contributed by atoms with Gasteiger partial charge in [0.1, 0.15) is 0 Å². The first-order valence-corrected chi connectivity index (χ1v) is 9.83. The van der Waals surface area contributed by atoms with Crippen LogP contribution in [0, 0.1) is 0 Å². The predicted octanol–water partition coefficient (Wildman–Crippen LogP) is 2.18. The van der Waals surface area contributed by atoms with E-state index in [1.54, 1.807) is 0 Å². The molecule has 6 heteroatoms. The van der Waals surface area contributed by atoms with Crippen molar-refractivity contribution in [2.45, 2.75) is 13.0 Å². The molecular weight excluding hydrogens is 348 g/mol. The maximum Gasteiger partial charge on any atom is 0.239 e. The minimum atomic E-state index is -0.0478. The highest BCUT2D eigenvalue weighted by atomic mass is 35.5. The molecule has 0 spiro atoms. The summed E-state index contributed by atoms with van der Waals surface area (Å²) in [6.07, 6.45) is 1.93. The Balaban J connectivity index is 1.48. The molecule has 0 aliphatic carbocycles. The van der Waals surface area contributed by atoms with E-state index >= 15 is 0 Å². The fraction of sp³-hybridized carbons (Fsp3) is 0.550. The van der Waals surface area contributed by atoms with Crippen LogP contribution in [-0.4, -0.2) is 85.6 Å². The lowest BCUT2D eigenvalue weighted by Crippen LogP contribution is -2.57. The van der Waals surface area contributed by atoms with E-state index in [2.05, 4.69) is 40.3 Å². The van der Waals surface area contributed by atoms with Crippen LogP contribution in [0.3, 0.4) is 0 Å². The number of halogens is 1. The molecule has 2 aliphatic heterocycles. The van der Waals surface area contributed by atoms with Crippen molar-refractivity contribution in [3.63, 3.8) is 0 Å². The Bertz CT molecular complexity index is 605. The van der Waals surface area contributed by atoms with Gasteiger partial charge in [0.05, 0.1) is 6.04 Å². The topological polar surface area (TPSA) is 30.0 Å². The van der Waals surface area contributed by atoms with Crippen molar-refractivity contribution in [2.24, 2.45) is 0 Å². The lowest BCUT2D eigenvalue weighted by atomic mass is 10.1. The van der Waals surface area contributed by atoms with Crippen LogP contribution in [0.4, 0.5) is 5.69 Å². The third kappa shape index (κ3) is 4.58. The maximum absolute atomic E-state index is 12.9. The van der Waals surface area contributed by atoms with Crippen molar-refractivity contribution in [3.8, 4) is 0 Å². The van der Waals surface area contributed by atoms with E-state index in [-0.39, 0.29) is 11.9 Å². The summed E-state index contributed by atoms with van der Waals surface area (Å²) in [7, 11) is 0. The molecule has 1 aromatic rings. The van der Waals surface area contributed by atoms with Crippen LogP contribution in [0.5, 0.6) is 0 Å². The van der Waals surface area contributed by atoms with Gasteiger partial charge in [-0.15, -0.1) is 6.58 Å². The van der Waals surface area contributed by atoms with E-state index < -0.39 is 0 Å². The van der Waals surface area contributed by atoms with Gasteiger partial charge in [0.2, 0.25) is 5.91 Å². The molecule has 142 valence electrons. The number of carbonyl (C=O) groups is 1. The van der Waals surface area contributed by atoms with Crippen molar-refractivity contribution in [2.75, 3.05) is 63.8 Å². The first-order valence-electron chi connectivity index (χ1n) is 9.45. The van der Waals surface area contributed by atoms with Crippen LogP contribution in [0.25, 0.3) is 0 Å². The summed E-state index contributed by atoms with van der Waals surface area (Å²) in [4.78, 5) is 21.9. The molecule has 0 aromatic heterocycles. The first-order chi connectivity index (χ1) is 12.6. The number of rotatable bonds is 5. The second-order valence-electron chi connectivity index (χ2n) is 7.09. The van der Waals surface area contributed by atoms with Crippen molar-refractivity contribution in [1.82, 2.24) is 14.7 Å². The van der Waals surface area contributed by atoms with Crippen LogP contribution in [-0.2, 0) is 4.79 Å². The number of amides is 1. The molecule has 2 heterocycles. The third-order valence-corrected chi connectivity index (χ3v) is 5.73. The molecule has 3 rings (SSSR count). The molecule has 2 fully saturated rings. The van der Waals surface area contributed by atoms with Crippen LogP contribution in [0.1, 0.15) is 6.92 Å². The van der Waals surface area contributed by atoms with Crippen molar-refractivity contribution in [3.05, 3.63) is 41.9 Å². The van der Waals surface area contributed by atoms with Gasteiger partial charge in [-0.05, 0) is 31.2 Å². The number of anilines is 1. The SMILES string of the molecule is C=CCN1CCN(C(=O)C(C)N2CCN(c3ccc(Cl)cc3)CC2)CC1. The summed E-state index contributed by atoms with van der Waals surface area (Å²) < 4.78 is 0. The van der Waals surface area contributed by atoms with E-state index in [1.165, 1.54) is 5.69 Å². The van der Waals surface area contributed by atoms with Gasteiger partial charge in [0.15, 0.2) is 0 Å². The van der Waals surface area contributed by atoms with Crippen molar-refractivity contribution >= 4 is 23.2 Å². The molecule has 0 bridgehead atoms. The Morgan fingerprint density at radius 2 is 1.69 bits per heavy atom. The van der Waals surface area contributed by atoms with E-state index in [1.807, 2.05) is 23.1 Å². The van der Waals surface area contributed by atoms with E-state index in [9.17, 15) is 4.79 Å². The minimum Gasteiger partial charge on any atom is -0.369 e. The Labute approximate surface area is 161 Å². The van der Waals surface area contributed by atoms with Gasteiger partial charge in [0.25, 0.3) is 0 Å². The Hall–Kier alpha value is -1.56. The summed E-state index contributed by atoms with van der Waals surface area (Å²) in [6, 6.07) is 7.95. The van der Waals surface area contributed by atoms with Gasteiger partial charge < -0.3 is 9.80 Å². The number of carbonyl (C=O) groups excluding carboxylic acids is 1. The highest BCUT2D eigenvalue weighted by Gasteiger charge is 2.30. The molecule has 0 N–H and O–H groups in total. The molecule has 2 aliphatic rings. The fourth-order valence-electron chi connectivity index (χ4n) is 3.77. The van der Waals surface area contributed by atoms with Gasteiger partial charge in [-0.3, -0.25) is 14.6 Å². The number of hydrogen-bond donors (Lipinski definition) is 0. The second-order valence-corrected chi connectivity index (χ2v) is 7.53. The fourth-order valence-corrected chi connectivity index (χ4v) is 3.90. The van der Waals surface area contributed by atoms with Crippen molar-refractivity contribution < 1.29 is 4.79 Å². The zero-order chi connectivity index (χ0) is 18.5. The highest BCUT2D eigenvalue weighted by molar-refractivity contribution is 6.30. The van der Waals surface area contributed by atoms with Crippen LogP contribution in [0.15, 0.2) is 36.9 Å². The van der Waals surface area contributed by atoms with Gasteiger partial charge >= 0.3 is 0 Å². The van der Waals surface area contributed by atoms with Crippen LogP contribution < -0.4 is 4.90 Å². The van der Waals surface area contributed by atoms with E-state index in [0.29, 0.717) is 0 Å². The van der Waals surface area contributed by atoms with Crippen molar-refractivity contribution in [1.29, 1.82) is 0 Å². The van der Waals surface area contributed by atoms with E-state index in [0.717, 1.165) is 63.9 Å². The minimum absolute atomic E-state index is 0.0478. The summed E-state index contributed by atoms with van der Waals surface area (Å²) in [5, 5.41) is 0.764. The number of hydrogen-bond acceptors (Lipinski definition) is 4. The average Bonchev–Trinajstić information content (AvgIpc) is 2.68. The van der Waals surface area contributed by atoms with Crippen LogP contribution >= 0.6 is 11.6 Å². The Morgan fingerprint density at radius 1 is 1.08 bits per heavy atom. The summed E-state index contributed by atoms with van der Waals surface area (Å²) in [5.41, 5.74) is 1.20. The normalized spacial score (nSPS) is 20.8. The van der Waals surface area contributed by atoms with Crippen LogP contribution in [0.2, 0.25) is 5.02 Å². The predicted molar refractivity (Wildman–Crippen MR) is 108 cm³/mol. The summed E-state index contributed by atoms with van der Waals surface area (Å²) in [5.74, 6) is 0.267. The average molecular weight is 377 g/mol. The van der Waals surface area contributed by atoms with Gasteiger partial charge in [-0.1, -0.05) is 17.7 Å². The smallest absolute Gasteiger partial charge is 0.239 e. The van der Waals surface area contributed by atoms with Gasteiger partial charge in [0, 0.05) is 69.6 Å². The molecule has 5 nitrogen and oxygen atoms in total. The monoisotopic (exact) mass is 376 g/mol. The molecular formula is C20H29ClN4O. The molecule has 26 heavy (non-hydrogen) atoms. The molecule has 1 unspecified atom stereocenters.